The van der Waals surface area contributed by atoms with E-state index in [1.165, 1.54) is 51.6 Å². The Morgan fingerprint density at radius 3 is 2.60 bits per heavy atom. The molecule has 0 bridgehead atoms. The van der Waals surface area contributed by atoms with Crippen LogP contribution in [-0.2, 0) is 4.74 Å². The molecule has 0 aliphatic heterocycles. The van der Waals surface area contributed by atoms with Gasteiger partial charge in [0, 0.05) is 13.7 Å². The number of hydrogen-bond acceptors (Lipinski definition) is 2. The van der Waals surface area contributed by atoms with Gasteiger partial charge < -0.3 is 10.1 Å². The highest BCUT2D eigenvalue weighted by molar-refractivity contribution is 4.82. The van der Waals surface area contributed by atoms with Crippen molar-refractivity contribution in [3.05, 3.63) is 0 Å². The zero-order valence-electron chi connectivity index (χ0n) is 10.4. The third kappa shape index (κ3) is 4.98. The summed E-state index contributed by atoms with van der Waals surface area (Å²) in [5.74, 6) is 1.98. The van der Waals surface area contributed by atoms with Crippen LogP contribution in [0.2, 0.25) is 0 Å². The molecule has 1 saturated carbocycles. The molecule has 0 spiro atoms. The van der Waals surface area contributed by atoms with Crippen molar-refractivity contribution in [1.82, 2.24) is 5.32 Å². The van der Waals surface area contributed by atoms with Gasteiger partial charge in [-0.3, -0.25) is 0 Å². The topological polar surface area (TPSA) is 21.3 Å². The SMILES string of the molecule is CCCNCC1CCC1CCCCOC. The minimum atomic E-state index is 0.936. The fourth-order valence-electron chi connectivity index (χ4n) is 2.40. The third-order valence-electron chi connectivity index (χ3n) is 3.58. The molecule has 2 heteroatoms. The first-order valence-electron chi connectivity index (χ1n) is 6.58. The fourth-order valence-corrected chi connectivity index (χ4v) is 2.40. The van der Waals surface area contributed by atoms with Crippen LogP contribution < -0.4 is 5.32 Å². The number of rotatable bonds is 9. The summed E-state index contributed by atoms with van der Waals surface area (Å²) in [6.45, 7) is 5.61. The van der Waals surface area contributed by atoms with Crippen LogP contribution in [0.4, 0.5) is 0 Å². The maximum absolute atomic E-state index is 5.07. The molecule has 2 unspecified atom stereocenters. The predicted molar refractivity (Wildman–Crippen MR) is 65.1 cm³/mol. The lowest BCUT2D eigenvalue weighted by Crippen LogP contribution is -2.35. The maximum Gasteiger partial charge on any atom is 0.0462 e. The predicted octanol–water partition coefficient (Wildman–Crippen LogP) is 2.83. The van der Waals surface area contributed by atoms with Crippen molar-refractivity contribution in [2.24, 2.45) is 11.8 Å². The molecule has 0 amide bonds. The van der Waals surface area contributed by atoms with Crippen LogP contribution in [0.15, 0.2) is 0 Å². The average molecular weight is 213 g/mol. The summed E-state index contributed by atoms with van der Waals surface area (Å²) >= 11 is 0. The van der Waals surface area contributed by atoms with Gasteiger partial charge in [0.15, 0.2) is 0 Å². The van der Waals surface area contributed by atoms with Crippen LogP contribution in [-0.4, -0.2) is 26.8 Å². The summed E-state index contributed by atoms with van der Waals surface area (Å²) in [6.07, 6.45) is 8.18. The van der Waals surface area contributed by atoms with Crippen LogP contribution in [0.5, 0.6) is 0 Å². The highest BCUT2D eigenvalue weighted by atomic mass is 16.5. The molecule has 0 radical (unpaired) electrons. The van der Waals surface area contributed by atoms with E-state index >= 15 is 0 Å². The van der Waals surface area contributed by atoms with E-state index in [-0.39, 0.29) is 0 Å². The zero-order chi connectivity index (χ0) is 10.9. The molecule has 0 aromatic heterocycles. The van der Waals surface area contributed by atoms with Gasteiger partial charge in [-0.2, -0.15) is 0 Å². The van der Waals surface area contributed by atoms with Crippen molar-refractivity contribution in [3.8, 4) is 0 Å². The van der Waals surface area contributed by atoms with Crippen LogP contribution in [0.3, 0.4) is 0 Å². The van der Waals surface area contributed by atoms with E-state index < -0.39 is 0 Å². The van der Waals surface area contributed by atoms with Gasteiger partial charge in [0.25, 0.3) is 0 Å². The normalized spacial score (nSPS) is 25.2. The van der Waals surface area contributed by atoms with E-state index in [2.05, 4.69) is 12.2 Å². The van der Waals surface area contributed by atoms with Gasteiger partial charge >= 0.3 is 0 Å². The fraction of sp³-hybridized carbons (Fsp3) is 1.00. The van der Waals surface area contributed by atoms with Crippen molar-refractivity contribution in [2.75, 3.05) is 26.8 Å². The van der Waals surface area contributed by atoms with Crippen molar-refractivity contribution in [1.29, 1.82) is 0 Å². The molecule has 1 N–H and O–H groups in total. The van der Waals surface area contributed by atoms with E-state index in [0.717, 1.165) is 18.4 Å². The van der Waals surface area contributed by atoms with Gasteiger partial charge in [0.1, 0.15) is 0 Å². The molecule has 1 aliphatic rings. The molecule has 0 heterocycles. The van der Waals surface area contributed by atoms with Gasteiger partial charge in [-0.1, -0.05) is 19.8 Å². The Hall–Kier alpha value is -0.0800. The summed E-state index contributed by atoms with van der Waals surface area (Å²) in [5.41, 5.74) is 0. The Morgan fingerprint density at radius 2 is 2.00 bits per heavy atom. The van der Waals surface area contributed by atoms with Crippen molar-refractivity contribution >= 4 is 0 Å². The van der Waals surface area contributed by atoms with Gasteiger partial charge in [-0.05, 0) is 50.6 Å². The summed E-state index contributed by atoms with van der Waals surface area (Å²) in [4.78, 5) is 0. The molecular weight excluding hydrogens is 186 g/mol. The monoisotopic (exact) mass is 213 g/mol. The van der Waals surface area contributed by atoms with Crippen LogP contribution in [0, 0.1) is 11.8 Å². The Bertz CT molecular complexity index is 149. The van der Waals surface area contributed by atoms with Gasteiger partial charge in [0.05, 0.1) is 0 Å². The summed E-state index contributed by atoms with van der Waals surface area (Å²) < 4.78 is 5.07. The molecule has 1 aliphatic carbocycles. The van der Waals surface area contributed by atoms with E-state index in [1.54, 1.807) is 7.11 Å². The number of ether oxygens (including phenoxy) is 1. The van der Waals surface area contributed by atoms with E-state index in [9.17, 15) is 0 Å². The quantitative estimate of drug-likeness (QED) is 0.595. The number of unbranched alkanes of at least 4 members (excludes halogenated alkanes) is 1. The summed E-state index contributed by atoms with van der Waals surface area (Å²) in [7, 11) is 1.79. The molecule has 0 aromatic rings. The molecule has 0 saturated heterocycles. The molecular formula is C13H27NO. The van der Waals surface area contributed by atoms with Crippen molar-refractivity contribution in [2.45, 2.75) is 45.4 Å². The van der Waals surface area contributed by atoms with Gasteiger partial charge in [-0.15, -0.1) is 0 Å². The van der Waals surface area contributed by atoms with E-state index in [4.69, 9.17) is 4.74 Å². The number of methoxy groups -OCH3 is 1. The average Bonchev–Trinajstić information content (AvgIpc) is 2.22. The Kier molecular flexibility index (Phi) is 7.03. The van der Waals surface area contributed by atoms with Gasteiger partial charge in [0.2, 0.25) is 0 Å². The number of hydrogen-bond donors (Lipinski definition) is 1. The Morgan fingerprint density at radius 1 is 1.20 bits per heavy atom. The van der Waals surface area contributed by atoms with Crippen LogP contribution >= 0.6 is 0 Å². The summed E-state index contributed by atoms with van der Waals surface area (Å²) in [5, 5.41) is 3.54. The highest BCUT2D eigenvalue weighted by Crippen LogP contribution is 2.37. The Balaban J connectivity index is 1.95. The smallest absolute Gasteiger partial charge is 0.0462 e. The molecule has 1 fully saturated rings. The Labute approximate surface area is 94.8 Å². The first-order valence-corrected chi connectivity index (χ1v) is 6.58. The van der Waals surface area contributed by atoms with E-state index in [1.807, 2.05) is 0 Å². The standard InChI is InChI=1S/C13H27NO/c1-3-9-14-11-13-8-7-12(13)6-4-5-10-15-2/h12-14H,3-11H2,1-2H3. The highest BCUT2D eigenvalue weighted by Gasteiger charge is 2.29. The second-order valence-corrected chi connectivity index (χ2v) is 4.79. The van der Waals surface area contributed by atoms with Crippen LogP contribution in [0.25, 0.3) is 0 Å². The van der Waals surface area contributed by atoms with Crippen molar-refractivity contribution in [3.63, 3.8) is 0 Å². The molecule has 1 rings (SSSR count). The number of nitrogens with one attached hydrogen (secondary N) is 1. The van der Waals surface area contributed by atoms with Crippen molar-refractivity contribution < 1.29 is 4.74 Å². The third-order valence-corrected chi connectivity index (χ3v) is 3.58. The molecule has 15 heavy (non-hydrogen) atoms. The zero-order valence-corrected chi connectivity index (χ0v) is 10.4. The lowest BCUT2D eigenvalue weighted by molar-refractivity contribution is 0.145. The molecule has 2 atom stereocenters. The van der Waals surface area contributed by atoms with Gasteiger partial charge in [-0.25, -0.2) is 0 Å². The maximum atomic E-state index is 5.07. The minimum absolute atomic E-state index is 0.936. The summed E-state index contributed by atoms with van der Waals surface area (Å²) in [6, 6.07) is 0. The van der Waals surface area contributed by atoms with E-state index in [0.29, 0.717) is 0 Å². The second kappa shape index (κ2) is 8.12. The lowest BCUT2D eigenvalue weighted by atomic mass is 9.71. The first kappa shape index (κ1) is 13.0. The van der Waals surface area contributed by atoms with Crippen LogP contribution in [0.1, 0.15) is 45.4 Å². The first-order chi connectivity index (χ1) is 7.38. The largest absolute Gasteiger partial charge is 0.385 e. The molecule has 2 nitrogen and oxygen atoms in total. The lowest BCUT2D eigenvalue weighted by Gasteiger charge is -2.37. The second-order valence-electron chi connectivity index (χ2n) is 4.79. The minimum Gasteiger partial charge on any atom is -0.385 e. The molecule has 90 valence electrons. The molecule has 0 aromatic carbocycles.